The van der Waals surface area contributed by atoms with Crippen molar-refractivity contribution in [2.24, 2.45) is 0 Å². The fraction of sp³-hybridized carbons (Fsp3) is 0.333. The number of carbonyl (C=O) groups is 2. The lowest BCUT2D eigenvalue weighted by Gasteiger charge is -2.11. The zero-order valence-corrected chi connectivity index (χ0v) is 13.0. The van der Waals surface area contributed by atoms with Gasteiger partial charge in [-0.05, 0) is 31.9 Å². The maximum absolute atomic E-state index is 12.2. The summed E-state index contributed by atoms with van der Waals surface area (Å²) in [4.78, 5) is 26.1. The molecule has 0 spiro atoms. The second-order valence-electron chi connectivity index (χ2n) is 5.23. The highest BCUT2D eigenvalue weighted by atomic mass is 32.1. The predicted octanol–water partition coefficient (Wildman–Crippen LogP) is 2.33. The van der Waals surface area contributed by atoms with E-state index < -0.39 is 0 Å². The van der Waals surface area contributed by atoms with E-state index in [1.807, 2.05) is 31.2 Å². The molecule has 1 aliphatic heterocycles. The van der Waals surface area contributed by atoms with Crippen molar-refractivity contribution in [1.82, 2.24) is 15.1 Å². The molecule has 22 heavy (non-hydrogen) atoms. The molecule has 0 bridgehead atoms. The molecule has 1 N–H and O–H groups in total. The standard InChI is InChI=1S/C15H16N4O2S/c1-10-4-6-11(7-5-10)16-12(20)13-17-18-14(22-13)15(21)19-8-2-3-9-19/h4-7H,2-3,8-9H2,1H3,(H,16,20). The quantitative estimate of drug-likeness (QED) is 0.943. The molecule has 1 aliphatic rings. The number of carbonyl (C=O) groups excluding carboxylic acids is 2. The first-order valence-corrected chi connectivity index (χ1v) is 7.96. The molecule has 2 amide bonds. The molecule has 3 rings (SSSR count). The zero-order chi connectivity index (χ0) is 15.5. The summed E-state index contributed by atoms with van der Waals surface area (Å²) in [7, 11) is 0. The van der Waals surface area contributed by atoms with Crippen LogP contribution in [0.25, 0.3) is 0 Å². The summed E-state index contributed by atoms with van der Waals surface area (Å²) >= 11 is 1.03. The molecule has 2 aromatic rings. The Bertz CT molecular complexity index is 690. The minimum Gasteiger partial charge on any atom is -0.337 e. The number of aryl methyl sites for hydroxylation is 1. The molecule has 1 fully saturated rings. The molecular formula is C15H16N4O2S. The molecule has 0 radical (unpaired) electrons. The van der Waals surface area contributed by atoms with E-state index in [-0.39, 0.29) is 21.8 Å². The van der Waals surface area contributed by atoms with E-state index in [9.17, 15) is 9.59 Å². The van der Waals surface area contributed by atoms with Gasteiger partial charge < -0.3 is 10.2 Å². The number of likely N-dealkylation sites (tertiary alicyclic amines) is 1. The van der Waals surface area contributed by atoms with Crippen LogP contribution in [0.2, 0.25) is 0 Å². The van der Waals surface area contributed by atoms with Crippen molar-refractivity contribution in [2.45, 2.75) is 19.8 Å². The van der Waals surface area contributed by atoms with E-state index in [4.69, 9.17) is 0 Å². The number of hydrogen-bond donors (Lipinski definition) is 1. The van der Waals surface area contributed by atoms with Crippen molar-refractivity contribution < 1.29 is 9.59 Å². The van der Waals surface area contributed by atoms with Crippen LogP contribution in [0.1, 0.15) is 38.0 Å². The average molecular weight is 316 g/mol. The highest BCUT2D eigenvalue weighted by molar-refractivity contribution is 7.15. The smallest absolute Gasteiger partial charge is 0.286 e. The Morgan fingerprint density at radius 3 is 2.41 bits per heavy atom. The minimum absolute atomic E-state index is 0.135. The third kappa shape index (κ3) is 3.14. The maximum Gasteiger partial charge on any atom is 0.286 e. The van der Waals surface area contributed by atoms with E-state index in [1.54, 1.807) is 4.90 Å². The van der Waals surface area contributed by atoms with Crippen LogP contribution in [-0.2, 0) is 0 Å². The van der Waals surface area contributed by atoms with Crippen molar-refractivity contribution in [3.8, 4) is 0 Å². The number of benzene rings is 1. The van der Waals surface area contributed by atoms with Gasteiger partial charge in [0, 0.05) is 18.8 Å². The molecule has 0 aliphatic carbocycles. The topological polar surface area (TPSA) is 75.2 Å². The summed E-state index contributed by atoms with van der Waals surface area (Å²) in [6, 6.07) is 7.48. The van der Waals surface area contributed by atoms with E-state index in [2.05, 4.69) is 15.5 Å². The van der Waals surface area contributed by atoms with Crippen LogP contribution in [0, 0.1) is 6.92 Å². The maximum atomic E-state index is 12.2. The minimum atomic E-state index is -0.346. The highest BCUT2D eigenvalue weighted by Gasteiger charge is 2.24. The van der Waals surface area contributed by atoms with Gasteiger partial charge in [0.2, 0.25) is 10.0 Å². The molecule has 6 nitrogen and oxygen atoms in total. The fourth-order valence-electron chi connectivity index (χ4n) is 2.28. The molecule has 1 aromatic carbocycles. The normalized spacial score (nSPS) is 14.1. The van der Waals surface area contributed by atoms with Crippen LogP contribution >= 0.6 is 11.3 Å². The van der Waals surface area contributed by atoms with Crippen LogP contribution in [0.5, 0.6) is 0 Å². The first-order valence-electron chi connectivity index (χ1n) is 7.14. The van der Waals surface area contributed by atoms with E-state index >= 15 is 0 Å². The molecule has 2 heterocycles. The SMILES string of the molecule is Cc1ccc(NC(=O)c2nnc(C(=O)N3CCCC3)s2)cc1. The first-order chi connectivity index (χ1) is 10.6. The number of nitrogens with zero attached hydrogens (tertiary/aromatic N) is 3. The Morgan fingerprint density at radius 1 is 1.09 bits per heavy atom. The van der Waals surface area contributed by atoms with Gasteiger partial charge in [-0.3, -0.25) is 9.59 Å². The van der Waals surface area contributed by atoms with Gasteiger partial charge in [-0.25, -0.2) is 0 Å². The second kappa shape index (κ2) is 6.23. The summed E-state index contributed by atoms with van der Waals surface area (Å²) in [5.41, 5.74) is 1.81. The van der Waals surface area contributed by atoms with E-state index in [0.717, 1.165) is 42.8 Å². The number of rotatable bonds is 3. The zero-order valence-electron chi connectivity index (χ0n) is 12.2. The number of hydrogen-bond acceptors (Lipinski definition) is 5. The van der Waals surface area contributed by atoms with Crippen LogP contribution in [0.15, 0.2) is 24.3 Å². The lowest BCUT2D eigenvalue weighted by atomic mass is 10.2. The van der Waals surface area contributed by atoms with Crippen molar-refractivity contribution in [3.05, 3.63) is 39.8 Å². The van der Waals surface area contributed by atoms with Gasteiger partial charge in [0.1, 0.15) is 0 Å². The molecular weight excluding hydrogens is 300 g/mol. The third-order valence-electron chi connectivity index (χ3n) is 3.50. The summed E-state index contributed by atoms with van der Waals surface area (Å²) in [5, 5.41) is 10.9. The fourth-order valence-corrected chi connectivity index (χ4v) is 2.98. The third-order valence-corrected chi connectivity index (χ3v) is 4.41. The predicted molar refractivity (Wildman–Crippen MR) is 84.2 cm³/mol. The van der Waals surface area contributed by atoms with Crippen LogP contribution in [-0.4, -0.2) is 40.0 Å². The largest absolute Gasteiger partial charge is 0.337 e. The molecule has 1 saturated heterocycles. The van der Waals surface area contributed by atoms with Crippen molar-refractivity contribution in [1.29, 1.82) is 0 Å². The van der Waals surface area contributed by atoms with Crippen molar-refractivity contribution in [3.63, 3.8) is 0 Å². The van der Waals surface area contributed by atoms with Crippen LogP contribution in [0.3, 0.4) is 0 Å². The van der Waals surface area contributed by atoms with Gasteiger partial charge in [0.15, 0.2) is 0 Å². The summed E-state index contributed by atoms with van der Waals surface area (Å²) in [6.07, 6.45) is 2.04. The van der Waals surface area contributed by atoms with Crippen molar-refractivity contribution in [2.75, 3.05) is 18.4 Å². The lowest BCUT2D eigenvalue weighted by molar-refractivity contribution is 0.0791. The van der Waals surface area contributed by atoms with E-state index in [1.165, 1.54) is 0 Å². The number of nitrogens with one attached hydrogen (secondary N) is 1. The highest BCUT2D eigenvalue weighted by Crippen LogP contribution is 2.17. The van der Waals surface area contributed by atoms with Crippen LogP contribution in [0.4, 0.5) is 5.69 Å². The molecule has 114 valence electrons. The van der Waals surface area contributed by atoms with E-state index in [0.29, 0.717) is 5.69 Å². The van der Waals surface area contributed by atoms with Gasteiger partial charge in [-0.15, -0.1) is 10.2 Å². The van der Waals surface area contributed by atoms with Gasteiger partial charge >= 0.3 is 0 Å². The van der Waals surface area contributed by atoms with Gasteiger partial charge in [-0.2, -0.15) is 0 Å². The Labute approximate surface area is 132 Å². The summed E-state index contributed by atoms with van der Waals surface area (Å²) in [6.45, 7) is 3.49. The summed E-state index contributed by atoms with van der Waals surface area (Å²) in [5.74, 6) is -0.480. The lowest BCUT2D eigenvalue weighted by Crippen LogP contribution is -2.27. The second-order valence-corrected chi connectivity index (χ2v) is 6.21. The molecule has 0 saturated carbocycles. The molecule has 1 aromatic heterocycles. The Morgan fingerprint density at radius 2 is 1.73 bits per heavy atom. The van der Waals surface area contributed by atoms with Gasteiger partial charge in [0.25, 0.3) is 11.8 Å². The van der Waals surface area contributed by atoms with Gasteiger partial charge in [0.05, 0.1) is 0 Å². The average Bonchev–Trinajstić information content (AvgIpc) is 3.20. The number of aromatic nitrogens is 2. The number of anilines is 1. The Kier molecular flexibility index (Phi) is 4.15. The first kappa shape index (κ1) is 14.6. The van der Waals surface area contributed by atoms with Crippen molar-refractivity contribution >= 4 is 28.8 Å². The monoisotopic (exact) mass is 316 g/mol. The Hall–Kier alpha value is -2.28. The molecule has 0 atom stereocenters. The molecule has 0 unspecified atom stereocenters. The summed E-state index contributed by atoms with van der Waals surface area (Å²) < 4.78 is 0. The Balaban J connectivity index is 1.68. The van der Waals surface area contributed by atoms with Gasteiger partial charge in [-0.1, -0.05) is 29.0 Å². The van der Waals surface area contributed by atoms with Crippen LogP contribution < -0.4 is 5.32 Å². The number of amides is 2. The molecule has 7 heteroatoms.